The van der Waals surface area contributed by atoms with Crippen molar-refractivity contribution in [2.75, 3.05) is 5.32 Å². The summed E-state index contributed by atoms with van der Waals surface area (Å²) in [6.07, 6.45) is 2.09. The van der Waals surface area contributed by atoms with Crippen molar-refractivity contribution in [1.29, 1.82) is 0 Å². The van der Waals surface area contributed by atoms with Crippen molar-refractivity contribution in [3.63, 3.8) is 0 Å². The second-order valence-corrected chi connectivity index (χ2v) is 7.88. The van der Waals surface area contributed by atoms with E-state index in [9.17, 15) is 9.90 Å². The van der Waals surface area contributed by atoms with Crippen molar-refractivity contribution in [3.8, 4) is 17.0 Å². The monoisotopic (exact) mass is 399 g/mol. The molecule has 0 saturated carbocycles. The maximum atomic E-state index is 12.9. The third kappa shape index (κ3) is 3.79. The Bertz CT molecular complexity index is 1270. The number of rotatable bonds is 4. The van der Waals surface area contributed by atoms with Crippen molar-refractivity contribution in [1.82, 2.24) is 9.38 Å². The van der Waals surface area contributed by atoms with Crippen LogP contribution in [0.3, 0.4) is 0 Å². The Morgan fingerprint density at radius 3 is 2.50 bits per heavy atom. The van der Waals surface area contributed by atoms with Crippen LogP contribution in [0.2, 0.25) is 0 Å². The third-order valence-electron chi connectivity index (χ3n) is 5.42. The molecule has 2 heterocycles. The Hall–Kier alpha value is -3.60. The first-order chi connectivity index (χ1) is 14.3. The van der Waals surface area contributed by atoms with Gasteiger partial charge in [-0.3, -0.25) is 4.79 Å². The van der Waals surface area contributed by atoms with Gasteiger partial charge in [0.2, 0.25) is 5.91 Å². The lowest BCUT2D eigenvalue weighted by atomic mass is 10.0. The maximum Gasteiger partial charge on any atom is 0.230 e. The van der Waals surface area contributed by atoms with E-state index >= 15 is 0 Å². The van der Waals surface area contributed by atoms with Gasteiger partial charge >= 0.3 is 0 Å². The fourth-order valence-electron chi connectivity index (χ4n) is 3.58. The van der Waals surface area contributed by atoms with Gasteiger partial charge in [-0.1, -0.05) is 18.2 Å². The van der Waals surface area contributed by atoms with Crippen molar-refractivity contribution < 1.29 is 9.90 Å². The SMILES string of the molecule is Cc1ccc(O)c(NC(=O)Cc2c(-c3ccc(C)c(C)c3)nc3cc(C)ccn23)c1. The number of fused-ring (bicyclic) bond motifs is 1. The molecule has 0 bridgehead atoms. The molecule has 0 aliphatic rings. The molecule has 0 fully saturated rings. The van der Waals surface area contributed by atoms with E-state index < -0.39 is 0 Å². The van der Waals surface area contributed by atoms with E-state index in [2.05, 4.69) is 31.3 Å². The van der Waals surface area contributed by atoms with Crippen molar-refractivity contribution in [3.05, 3.63) is 82.7 Å². The Morgan fingerprint density at radius 2 is 1.73 bits per heavy atom. The lowest BCUT2D eigenvalue weighted by molar-refractivity contribution is -0.115. The Labute approximate surface area is 176 Å². The molecule has 2 aromatic heterocycles. The molecule has 0 saturated heterocycles. The van der Waals surface area contributed by atoms with Gasteiger partial charge in [-0.2, -0.15) is 0 Å². The zero-order chi connectivity index (χ0) is 21.4. The molecule has 1 amide bonds. The van der Waals surface area contributed by atoms with E-state index in [1.54, 1.807) is 18.2 Å². The number of imidazole rings is 1. The number of aryl methyl sites for hydroxylation is 4. The van der Waals surface area contributed by atoms with Crippen LogP contribution in [0.15, 0.2) is 54.7 Å². The predicted octanol–water partition coefficient (Wildman–Crippen LogP) is 5.12. The molecular formula is C25H25N3O2. The Morgan fingerprint density at radius 1 is 0.967 bits per heavy atom. The number of aromatic nitrogens is 2. The molecular weight excluding hydrogens is 374 g/mol. The highest BCUT2D eigenvalue weighted by Crippen LogP contribution is 2.28. The van der Waals surface area contributed by atoms with Crippen molar-refractivity contribution in [2.24, 2.45) is 0 Å². The van der Waals surface area contributed by atoms with Gasteiger partial charge in [-0.25, -0.2) is 4.98 Å². The lowest BCUT2D eigenvalue weighted by Crippen LogP contribution is -2.16. The summed E-state index contributed by atoms with van der Waals surface area (Å²) in [4.78, 5) is 17.7. The van der Waals surface area contributed by atoms with Crippen molar-refractivity contribution in [2.45, 2.75) is 34.1 Å². The van der Waals surface area contributed by atoms with Gasteiger partial charge in [0.1, 0.15) is 11.4 Å². The second-order valence-electron chi connectivity index (χ2n) is 7.88. The van der Waals surface area contributed by atoms with E-state index in [4.69, 9.17) is 4.98 Å². The highest BCUT2D eigenvalue weighted by molar-refractivity contribution is 5.94. The predicted molar refractivity (Wildman–Crippen MR) is 120 cm³/mol. The molecule has 2 aromatic carbocycles. The minimum absolute atomic E-state index is 0.0529. The van der Waals surface area contributed by atoms with E-state index in [1.807, 2.05) is 42.6 Å². The van der Waals surface area contributed by atoms with Crippen molar-refractivity contribution >= 4 is 17.2 Å². The summed E-state index contributed by atoms with van der Waals surface area (Å²) in [6, 6.07) is 15.4. The first kappa shape index (κ1) is 19.7. The summed E-state index contributed by atoms with van der Waals surface area (Å²) >= 11 is 0. The minimum atomic E-state index is -0.205. The molecule has 5 heteroatoms. The molecule has 2 N–H and O–H groups in total. The van der Waals surface area contributed by atoms with Gasteiger partial charge in [0.05, 0.1) is 23.5 Å². The number of carbonyl (C=O) groups excluding carboxylic acids is 1. The molecule has 4 rings (SSSR count). The Kier molecular flexibility index (Phi) is 5.04. The number of anilines is 1. The highest BCUT2D eigenvalue weighted by Gasteiger charge is 2.18. The zero-order valence-electron chi connectivity index (χ0n) is 17.7. The number of carbonyl (C=O) groups is 1. The average molecular weight is 399 g/mol. The molecule has 4 aromatic rings. The molecule has 0 spiro atoms. The summed E-state index contributed by atoms with van der Waals surface area (Å²) < 4.78 is 1.97. The van der Waals surface area contributed by atoms with Crippen LogP contribution in [-0.4, -0.2) is 20.4 Å². The van der Waals surface area contributed by atoms with Crippen LogP contribution >= 0.6 is 0 Å². The first-order valence-corrected chi connectivity index (χ1v) is 9.96. The fourth-order valence-corrected chi connectivity index (χ4v) is 3.58. The van der Waals surface area contributed by atoms with Crippen LogP contribution in [0.25, 0.3) is 16.9 Å². The molecule has 0 aliphatic carbocycles. The number of nitrogens with zero attached hydrogens (tertiary/aromatic N) is 2. The van der Waals surface area contributed by atoms with E-state index in [1.165, 1.54) is 11.1 Å². The summed E-state index contributed by atoms with van der Waals surface area (Å²) in [6.45, 7) is 8.09. The van der Waals surface area contributed by atoms with E-state index in [-0.39, 0.29) is 18.1 Å². The van der Waals surface area contributed by atoms with Gasteiger partial charge in [0.25, 0.3) is 0 Å². The molecule has 0 aliphatic heterocycles. The average Bonchev–Trinajstić information content (AvgIpc) is 3.04. The maximum absolute atomic E-state index is 12.9. The Balaban J connectivity index is 1.75. The highest BCUT2D eigenvalue weighted by atomic mass is 16.3. The van der Waals surface area contributed by atoms with Crippen LogP contribution in [-0.2, 0) is 11.2 Å². The summed E-state index contributed by atoms with van der Waals surface area (Å²) in [7, 11) is 0. The number of aromatic hydroxyl groups is 1. The number of phenolic OH excluding ortho intramolecular Hbond substituents is 1. The molecule has 5 nitrogen and oxygen atoms in total. The lowest BCUT2D eigenvalue weighted by Gasteiger charge is -2.10. The van der Waals surface area contributed by atoms with Gasteiger partial charge < -0.3 is 14.8 Å². The summed E-state index contributed by atoms with van der Waals surface area (Å²) in [5.74, 6) is -0.152. The van der Waals surface area contributed by atoms with Gasteiger partial charge in [-0.05, 0) is 80.3 Å². The number of hydrogen-bond acceptors (Lipinski definition) is 3. The van der Waals surface area contributed by atoms with E-state index in [0.717, 1.165) is 33.7 Å². The number of hydrogen-bond donors (Lipinski definition) is 2. The third-order valence-corrected chi connectivity index (χ3v) is 5.42. The van der Waals surface area contributed by atoms with Gasteiger partial charge in [-0.15, -0.1) is 0 Å². The molecule has 30 heavy (non-hydrogen) atoms. The number of nitrogens with one attached hydrogen (secondary N) is 1. The molecule has 0 atom stereocenters. The zero-order valence-corrected chi connectivity index (χ0v) is 17.7. The molecule has 152 valence electrons. The first-order valence-electron chi connectivity index (χ1n) is 9.96. The number of amides is 1. The second kappa shape index (κ2) is 7.67. The van der Waals surface area contributed by atoms with Crippen LogP contribution < -0.4 is 5.32 Å². The molecule has 0 unspecified atom stereocenters. The smallest absolute Gasteiger partial charge is 0.230 e. The standard InChI is InChI=1S/C25H25N3O2/c1-15-5-8-22(29)20(11-15)26-24(30)14-21-25(19-7-6-17(3)18(4)13-19)27-23-12-16(2)9-10-28(21)23/h5-13,29H,14H2,1-4H3,(H,26,30). The van der Waals surface area contributed by atoms with Crippen LogP contribution in [0, 0.1) is 27.7 Å². The quantitative estimate of drug-likeness (QED) is 0.468. The number of phenols is 1. The minimum Gasteiger partial charge on any atom is -0.506 e. The summed E-state index contributed by atoms with van der Waals surface area (Å²) in [5, 5.41) is 12.9. The van der Waals surface area contributed by atoms with Gasteiger partial charge in [0.15, 0.2) is 0 Å². The van der Waals surface area contributed by atoms with Crippen LogP contribution in [0.1, 0.15) is 27.9 Å². The van der Waals surface area contributed by atoms with Crippen LogP contribution in [0.4, 0.5) is 5.69 Å². The largest absolute Gasteiger partial charge is 0.506 e. The number of benzene rings is 2. The van der Waals surface area contributed by atoms with Gasteiger partial charge in [0, 0.05) is 11.8 Å². The molecule has 0 radical (unpaired) electrons. The fraction of sp³-hybridized carbons (Fsp3) is 0.200. The topological polar surface area (TPSA) is 66.6 Å². The van der Waals surface area contributed by atoms with Crippen LogP contribution in [0.5, 0.6) is 5.75 Å². The normalized spacial score (nSPS) is 11.1. The van der Waals surface area contributed by atoms with E-state index in [0.29, 0.717) is 5.69 Å². The number of pyridine rings is 1. The summed E-state index contributed by atoms with van der Waals surface area (Å²) in [5.41, 5.74) is 8.30.